The lowest BCUT2D eigenvalue weighted by Crippen LogP contribution is -2.36. The molecule has 1 aromatic heterocycles. The Bertz CT molecular complexity index is 734. The monoisotopic (exact) mass is 368 g/mol. The lowest BCUT2D eigenvalue weighted by atomic mass is 10.2. The third-order valence-electron chi connectivity index (χ3n) is 3.33. The normalized spacial score (nSPS) is 11.8. The van der Waals surface area contributed by atoms with Crippen LogP contribution in [0.5, 0.6) is 11.6 Å². The fourth-order valence-corrected chi connectivity index (χ4v) is 2.10. The molecule has 0 aliphatic carbocycles. The number of nitrogens with one attached hydrogen (secondary N) is 2. The van der Waals surface area contributed by atoms with Gasteiger partial charge in [-0.2, -0.15) is 0 Å². The van der Waals surface area contributed by atoms with Gasteiger partial charge in [0.25, 0.3) is 0 Å². The molecule has 0 radical (unpaired) electrons. The van der Waals surface area contributed by atoms with Crippen molar-refractivity contribution in [2.24, 2.45) is 4.99 Å². The van der Waals surface area contributed by atoms with Gasteiger partial charge in [0.15, 0.2) is 5.96 Å². The van der Waals surface area contributed by atoms with Crippen LogP contribution in [-0.2, 0) is 13.1 Å². The summed E-state index contributed by atoms with van der Waals surface area (Å²) in [4.78, 5) is 8.14. The Kier molecular flexibility index (Phi) is 6.65. The van der Waals surface area contributed by atoms with Gasteiger partial charge in [0.1, 0.15) is 5.75 Å². The van der Waals surface area contributed by atoms with Gasteiger partial charge in [0.2, 0.25) is 5.88 Å². The van der Waals surface area contributed by atoms with Gasteiger partial charge in [0, 0.05) is 38.0 Å². The molecule has 0 saturated heterocycles. The number of methoxy groups -OCH3 is 1. The maximum Gasteiger partial charge on any atom is 0.573 e. The standard InChI is InChI=1S/C17H19F3N4O2/c1-21-16(23-10-12-7-8-15(25-2)22-9-12)24-11-13-5-3-4-6-14(13)26-17(18,19)20/h3-9H,10-11H2,1-2H3,(H2,21,23,24). The van der Waals surface area contributed by atoms with Gasteiger partial charge in [-0.3, -0.25) is 4.99 Å². The molecule has 1 heterocycles. The van der Waals surface area contributed by atoms with Crippen LogP contribution in [0.4, 0.5) is 13.2 Å². The zero-order valence-electron chi connectivity index (χ0n) is 14.3. The van der Waals surface area contributed by atoms with E-state index < -0.39 is 6.36 Å². The Hall–Kier alpha value is -2.97. The van der Waals surface area contributed by atoms with Crippen molar-refractivity contribution in [1.82, 2.24) is 15.6 Å². The molecule has 0 bridgehead atoms. The molecular weight excluding hydrogens is 349 g/mol. The molecule has 26 heavy (non-hydrogen) atoms. The van der Waals surface area contributed by atoms with Crippen LogP contribution in [0.25, 0.3) is 0 Å². The topological polar surface area (TPSA) is 67.8 Å². The van der Waals surface area contributed by atoms with Crippen molar-refractivity contribution in [1.29, 1.82) is 0 Å². The summed E-state index contributed by atoms with van der Waals surface area (Å²) in [5.41, 5.74) is 1.26. The first kappa shape index (κ1) is 19.4. The van der Waals surface area contributed by atoms with Crippen molar-refractivity contribution in [3.05, 3.63) is 53.7 Å². The Morgan fingerprint density at radius 1 is 1.12 bits per heavy atom. The Morgan fingerprint density at radius 2 is 1.85 bits per heavy atom. The van der Waals surface area contributed by atoms with Crippen molar-refractivity contribution in [3.63, 3.8) is 0 Å². The lowest BCUT2D eigenvalue weighted by Gasteiger charge is -2.15. The first-order valence-electron chi connectivity index (χ1n) is 7.68. The summed E-state index contributed by atoms with van der Waals surface area (Å²) in [7, 11) is 3.10. The molecule has 2 N–H and O–H groups in total. The van der Waals surface area contributed by atoms with Gasteiger partial charge < -0.3 is 20.1 Å². The van der Waals surface area contributed by atoms with E-state index in [1.165, 1.54) is 19.2 Å². The van der Waals surface area contributed by atoms with E-state index in [1.54, 1.807) is 31.4 Å². The second-order valence-electron chi connectivity index (χ2n) is 5.14. The summed E-state index contributed by atoms with van der Waals surface area (Å²) in [5, 5.41) is 6.01. The fourth-order valence-electron chi connectivity index (χ4n) is 2.10. The van der Waals surface area contributed by atoms with Gasteiger partial charge in [-0.1, -0.05) is 24.3 Å². The number of halogens is 3. The average molecular weight is 368 g/mol. The summed E-state index contributed by atoms with van der Waals surface area (Å²) >= 11 is 0. The van der Waals surface area contributed by atoms with Gasteiger partial charge in [-0.15, -0.1) is 13.2 Å². The maximum absolute atomic E-state index is 12.5. The zero-order valence-corrected chi connectivity index (χ0v) is 14.3. The zero-order chi connectivity index (χ0) is 19.0. The minimum Gasteiger partial charge on any atom is -0.481 e. The Labute approximate surface area is 149 Å². The number of ether oxygens (including phenoxy) is 2. The molecule has 9 heteroatoms. The predicted octanol–water partition coefficient (Wildman–Crippen LogP) is 2.85. The second-order valence-corrected chi connectivity index (χ2v) is 5.14. The van der Waals surface area contributed by atoms with E-state index in [2.05, 4.69) is 25.3 Å². The molecule has 0 saturated carbocycles. The summed E-state index contributed by atoms with van der Waals surface area (Å²) in [6.07, 6.45) is -3.08. The average Bonchev–Trinajstić information content (AvgIpc) is 2.62. The van der Waals surface area contributed by atoms with E-state index in [9.17, 15) is 13.2 Å². The van der Waals surface area contributed by atoms with Gasteiger partial charge in [-0.25, -0.2) is 4.98 Å². The highest BCUT2D eigenvalue weighted by Crippen LogP contribution is 2.26. The van der Waals surface area contributed by atoms with Crippen molar-refractivity contribution < 1.29 is 22.6 Å². The van der Waals surface area contributed by atoms with Crippen LogP contribution >= 0.6 is 0 Å². The van der Waals surface area contributed by atoms with Crippen LogP contribution in [0, 0.1) is 0 Å². The maximum atomic E-state index is 12.5. The molecule has 0 atom stereocenters. The number of alkyl halides is 3. The summed E-state index contributed by atoms with van der Waals surface area (Å²) in [5.74, 6) is 0.697. The quantitative estimate of drug-likeness (QED) is 0.606. The first-order valence-corrected chi connectivity index (χ1v) is 7.68. The third-order valence-corrected chi connectivity index (χ3v) is 3.33. The molecular formula is C17H19F3N4O2. The van der Waals surface area contributed by atoms with Crippen LogP contribution in [0.1, 0.15) is 11.1 Å². The summed E-state index contributed by atoms with van der Waals surface area (Å²) in [6.45, 7) is 0.560. The second kappa shape index (κ2) is 8.93. The number of hydrogen-bond donors (Lipinski definition) is 2. The van der Waals surface area contributed by atoms with Crippen LogP contribution in [-0.4, -0.2) is 31.5 Å². The molecule has 2 aromatic rings. The van der Waals surface area contributed by atoms with Crippen molar-refractivity contribution in [3.8, 4) is 11.6 Å². The van der Waals surface area contributed by atoms with Crippen molar-refractivity contribution in [2.45, 2.75) is 19.5 Å². The van der Waals surface area contributed by atoms with Crippen LogP contribution in [0.15, 0.2) is 47.6 Å². The number of guanidine groups is 1. The highest BCUT2D eigenvalue weighted by atomic mass is 19.4. The molecule has 140 valence electrons. The predicted molar refractivity (Wildman–Crippen MR) is 91.0 cm³/mol. The smallest absolute Gasteiger partial charge is 0.481 e. The fraction of sp³-hybridized carbons (Fsp3) is 0.294. The molecule has 0 spiro atoms. The lowest BCUT2D eigenvalue weighted by molar-refractivity contribution is -0.274. The number of hydrogen-bond acceptors (Lipinski definition) is 4. The number of benzene rings is 1. The minimum absolute atomic E-state index is 0.118. The number of aliphatic imine (C=N–C) groups is 1. The minimum atomic E-state index is -4.74. The number of rotatable bonds is 6. The van der Waals surface area contributed by atoms with Gasteiger partial charge in [0.05, 0.1) is 7.11 Å². The van der Waals surface area contributed by atoms with Crippen LogP contribution in [0.3, 0.4) is 0 Å². The summed E-state index contributed by atoms with van der Waals surface area (Å²) < 4.78 is 46.4. The van der Waals surface area contributed by atoms with Crippen molar-refractivity contribution in [2.75, 3.05) is 14.2 Å². The highest BCUT2D eigenvalue weighted by molar-refractivity contribution is 5.79. The number of nitrogens with zero attached hydrogens (tertiary/aromatic N) is 2. The highest BCUT2D eigenvalue weighted by Gasteiger charge is 2.31. The van der Waals surface area contributed by atoms with E-state index in [0.29, 0.717) is 23.9 Å². The largest absolute Gasteiger partial charge is 0.573 e. The molecule has 2 rings (SSSR count). The number of pyridine rings is 1. The third kappa shape index (κ3) is 6.15. The van der Waals surface area contributed by atoms with E-state index in [-0.39, 0.29) is 12.3 Å². The van der Waals surface area contributed by atoms with E-state index in [0.717, 1.165) is 5.56 Å². The SMILES string of the molecule is CN=C(NCc1ccc(OC)nc1)NCc1ccccc1OC(F)(F)F. The van der Waals surface area contributed by atoms with Crippen LogP contribution < -0.4 is 20.1 Å². The molecule has 0 unspecified atom stereocenters. The Balaban J connectivity index is 1.92. The Morgan fingerprint density at radius 3 is 2.46 bits per heavy atom. The van der Waals surface area contributed by atoms with E-state index in [1.807, 2.05) is 6.07 Å². The molecule has 0 amide bonds. The molecule has 0 aliphatic rings. The van der Waals surface area contributed by atoms with Gasteiger partial charge >= 0.3 is 6.36 Å². The van der Waals surface area contributed by atoms with E-state index in [4.69, 9.17) is 4.74 Å². The van der Waals surface area contributed by atoms with Crippen LogP contribution in [0.2, 0.25) is 0 Å². The van der Waals surface area contributed by atoms with Crippen molar-refractivity contribution >= 4 is 5.96 Å². The number of para-hydroxylation sites is 1. The molecule has 1 aromatic carbocycles. The molecule has 6 nitrogen and oxygen atoms in total. The van der Waals surface area contributed by atoms with E-state index >= 15 is 0 Å². The molecule has 0 fully saturated rings. The van der Waals surface area contributed by atoms with Gasteiger partial charge in [-0.05, 0) is 11.6 Å². The first-order chi connectivity index (χ1) is 12.4. The molecule has 0 aliphatic heterocycles. The summed E-state index contributed by atoms with van der Waals surface area (Å²) in [6, 6.07) is 9.52. The number of aromatic nitrogens is 1.